The summed E-state index contributed by atoms with van der Waals surface area (Å²) in [5.41, 5.74) is 2.40. The molecule has 0 amide bonds. The van der Waals surface area contributed by atoms with E-state index in [1.165, 1.54) is 12.8 Å². The molecule has 0 saturated heterocycles. The standard InChI is InChI=1S/C16H19NO2/c1-10-6-13(16(18)19)4-5-15(10)17-9-14-8-11-2-3-12(14)7-11/h2-6,11-12,14,17H,7-9H2,1H3,(H,18,19). The van der Waals surface area contributed by atoms with Crippen molar-refractivity contribution in [3.63, 3.8) is 0 Å². The molecule has 2 N–H and O–H groups in total. The smallest absolute Gasteiger partial charge is 0.335 e. The molecule has 19 heavy (non-hydrogen) atoms. The Balaban J connectivity index is 1.64. The summed E-state index contributed by atoms with van der Waals surface area (Å²) in [4.78, 5) is 10.9. The van der Waals surface area contributed by atoms with Gasteiger partial charge in [-0.3, -0.25) is 0 Å². The SMILES string of the molecule is Cc1cc(C(=O)O)ccc1NCC1CC2C=CC1C2. The van der Waals surface area contributed by atoms with Crippen molar-refractivity contribution in [2.24, 2.45) is 17.8 Å². The number of fused-ring (bicyclic) bond motifs is 2. The number of aryl methyl sites for hydroxylation is 1. The summed E-state index contributed by atoms with van der Waals surface area (Å²) in [5.74, 6) is 1.41. The number of benzene rings is 1. The van der Waals surface area contributed by atoms with Crippen molar-refractivity contribution in [3.05, 3.63) is 41.5 Å². The minimum Gasteiger partial charge on any atom is -0.478 e. The van der Waals surface area contributed by atoms with Gasteiger partial charge in [0.05, 0.1) is 5.56 Å². The molecule has 1 aromatic rings. The normalized spacial score (nSPS) is 27.7. The Bertz CT molecular complexity index is 536. The Kier molecular flexibility index (Phi) is 3.05. The van der Waals surface area contributed by atoms with Gasteiger partial charge in [-0.15, -0.1) is 0 Å². The first-order valence-electron chi connectivity index (χ1n) is 6.89. The third kappa shape index (κ3) is 2.37. The molecule has 0 aliphatic heterocycles. The van der Waals surface area contributed by atoms with Gasteiger partial charge in [-0.25, -0.2) is 4.79 Å². The van der Waals surface area contributed by atoms with E-state index in [0.717, 1.165) is 35.5 Å². The number of rotatable bonds is 4. The molecule has 3 rings (SSSR count). The number of carbonyl (C=O) groups is 1. The third-order valence-electron chi connectivity index (χ3n) is 4.44. The monoisotopic (exact) mass is 257 g/mol. The van der Waals surface area contributed by atoms with E-state index in [2.05, 4.69) is 17.5 Å². The zero-order chi connectivity index (χ0) is 13.4. The van der Waals surface area contributed by atoms with Gasteiger partial charge >= 0.3 is 5.97 Å². The molecular formula is C16H19NO2. The lowest BCUT2D eigenvalue weighted by Gasteiger charge is -2.20. The first-order valence-corrected chi connectivity index (χ1v) is 6.89. The number of hydrogen-bond donors (Lipinski definition) is 2. The van der Waals surface area contributed by atoms with Crippen LogP contribution in [0.15, 0.2) is 30.4 Å². The second-order valence-corrected chi connectivity index (χ2v) is 5.76. The van der Waals surface area contributed by atoms with E-state index in [1.54, 1.807) is 12.1 Å². The fourth-order valence-electron chi connectivity index (χ4n) is 3.37. The van der Waals surface area contributed by atoms with Gasteiger partial charge in [0, 0.05) is 12.2 Å². The average Bonchev–Trinajstić information content (AvgIpc) is 2.99. The molecule has 3 unspecified atom stereocenters. The van der Waals surface area contributed by atoms with Crippen LogP contribution in [0.2, 0.25) is 0 Å². The summed E-state index contributed by atoms with van der Waals surface area (Å²) in [6.45, 7) is 2.94. The summed E-state index contributed by atoms with van der Waals surface area (Å²) in [5, 5.41) is 12.4. The summed E-state index contributed by atoms with van der Waals surface area (Å²) < 4.78 is 0. The minimum absolute atomic E-state index is 0.353. The van der Waals surface area contributed by atoms with Crippen molar-refractivity contribution < 1.29 is 9.90 Å². The molecular weight excluding hydrogens is 238 g/mol. The van der Waals surface area contributed by atoms with Crippen LogP contribution in [0, 0.1) is 24.7 Å². The van der Waals surface area contributed by atoms with Crippen LogP contribution in [-0.2, 0) is 0 Å². The third-order valence-corrected chi connectivity index (χ3v) is 4.44. The van der Waals surface area contributed by atoms with Gasteiger partial charge in [0.1, 0.15) is 0 Å². The zero-order valence-corrected chi connectivity index (χ0v) is 11.1. The van der Waals surface area contributed by atoms with Gasteiger partial charge < -0.3 is 10.4 Å². The number of aromatic carboxylic acids is 1. The average molecular weight is 257 g/mol. The molecule has 1 saturated carbocycles. The zero-order valence-electron chi connectivity index (χ0n) is 11.1. The highest BCUT2D eigenvalue weighted by Crippen LogP contribution is 2.43. The number of carboxylic acids is 1. The van der Waals surface area contributed by atoms with Crippen LogP contribution in [0.25, 0.3) is 0 Å². The molecule has 0 spiro atoms. The van der Waals surface area contributed by atoms with Crippen molar-refractivity contribution in [2.75, 3.05) is 11.9 Å². The second kappa shape index (κ2) is 4.72. The molecule has 100 valence electrons. The Hall–Kier alpha value is -1.77. The fourth-order valence-corrected chi connectivity index (χ4v) is 3.37. The molecule has 3 heteroatoms. The maximum absolute atomic E-state index is 10.9. The minimum atomic E-state index is -0.868. The lowest BCUT2D eigenvalue weighted by Crippen LogP contribution is -2.18. The van der Waals surface area contributed by atoms with Crippen LogP contribution in [-0.4, -0.2) is 17.6 Å². The van der Waals surface area contributed by atoms with Crippen LogP contribution in [0.5, 0.6) is 0 Å². The van der Waals surface area contributed by atoms with E-state index < -0.39 is 5.97 Å². The van der Waals surface area contributed by atoms with E-state index in [4.69, 9.17) is 5.11 Å². The Labute approximate surface area is 113 Å². The molecule has 0 radical (unpaired) electrons. The molecule has 2 aliphatic rings. The molecule has 3 nitrogen and oxygen atoms in total. The first kappa shape index (κ1) is 12.3. The molecule has 0 aromatic heterocycles. The van der Waals surface area contributed by atoms with Crippen LogP contribution < -0.4 is 5.32 Å². The predicted molar refractivity (Wildman–Crippen MR) is 75.5 cm³/mol. The van der Waals surface area contributed by atoms with Crippen LogP contribution in [0.3, 0.4) is 0 Å². The number of nitrogens with one attached hydrogen (secondary N) is 1. The molecule has 3 atom stereocenters. The first-order chi connectivity index (χ1) is 9.13. The number of allylic oxidation sites excluding steroid dienone is 2. The topological polar surface area (TPSA) is 49.3 Å². The molecule has 2 aliphatic carbocycles. The lowest BCUT2D eigenvalue weighted by molar-refractivity contribution is 0.0697. The van der Waals surface area contributed by atoms with Crippen molar-refractivity contribution in [1.29, 1.82) is 0 Å². The van der Waals surface area contributed by atoms with Crippen LogP contribution in [0.4, 0.5) is 5.69 Å². The largest absolute Gasteiger partial charge is 0.478 e. The Morgan fingerprint density at radius 1 is 1.37 bits per heavy atom. The number of anilines is 1. The van der Waals surface area contributed by atoms with Crippen molar-refractivity contribution >= 4 is 11.7 Å². The van der Waals surface area contributed by atoms with Crippen LogP contribution >= 0.6 is 0 Å². The van der Waals surface area contributed by atoms with E-state index in [9.17, 15) is 4.79 Å². The Morgan fingerprint density at radius 2 is 2.21 bits per heavy atom. The van der Waals surface area contributed by atoms with Gasteiger partial charge in [-0.1, -0.05) is 12.2 Å². The van der Waals surface area contributed by atoms with Crippen molar-refractivity contribution in [1.82, 2.24) is 0 Å². The quantitative estimate of drug-likeness (QED) is 0.813. The predicted octanol–water partition coefficient (Wildman–Crippen LogP) is 3.32. The van der Waals surface area contributed by atoms with Gasteiger partial charge in [-0.05, 0) is 61.3 Å². The lowest BCUT2D eigenvalue weighted by atomic mass is 9.93. The summed E-state index contributed by atoms with van der Waals surface area (Å²) >= 11 is 0. The molecule has 0 heterocycles. The highest BCUT2D eigenvalue weighted by molar-refractivity contribution is 5.88. The second-order valence-electron chi connectivity index (χ2n) is 5.76. The van der Waals surface area contributed by atoms with E-state index in [1.807, 2.05) is 13.0 Å². The van der Waals surface area contributed by atoms with Crippen molar-refractivity contribution in [2.45, 2.75) is 19.8 Å². The molecule has 1 fully saturated rings. The summed E-state index contributed by atoms with van der Waals surface area (Å²) in [6.07, 6.45) is 7.33. The summed E-state index contributed by atoms with van der Waals surface area (Å²) in [7, 11) is 0. The number of hydrogen-bond acceptors (Lipinski definition) is 2. The highest BCUT2D eigenvalue weighted by atomic mass is 16.4. The van der Waals surface area contributed by atoms with Crippen molar-refractivity contribution in [3.8, 4) is 0 Å². The van der Waals surface area contributed by atoms with E-state index >= 15 is 0 Å². The molecule has 2 bridgehead atoms. The Morgan fingerprint density at radius 3 is 2.79 bits per heavy atom. The van der Waals surface area contributed by atoms with Gasteiger partial charge in [0.15, 0.2) is 0 Å². The van der Waals surface area contributed by atoms with Crippen LogP contribution in [0.1, 0.15) is 28.8 Å². The maximum atomic E-state index is 10.9. The maximum Gasteiger partial charge on any atom is 0.335 e. The van der Waals surface area contributed by atoms with Gasteiger partial charge in [-0.2, -0.15) is 0 Å². The van der Waals surface area contributed by atoms with E-state index in [-0.39, 0.29) is 0 Å². The number of carboxylic acid groups (broad SMARTS) is 1. The summed E-state index contributed by atoms with van der Waals surface area (Å²) in [6, 6.07) is 5.27. The van der Waals surface area contributed by atoms with Gasteiger partial charge in [0.25, 0.3) is 0 Å². The highest BCUT2D eigenvalue weighted by Gasteiger charge is 2.35. The van der Waals surface area contributed by atoms with E-state index in [0.29, 0.717) is 5.56 Å². The molecule has 1 aromatic carbocycles. The fraction of sp³-hybridized carbons (Fsp3) is 0.438. The van der Waals surface area contributed by atoms with Gasteiger partial charge in [0.2, 0.25) is 0 Å².